The van der Waals surface area contributed by atoms with Crippen LogP contribution in [0.3, 0.4) is 0 Å². The minimum absolute atomic E-state index is 0.0295. The number of nitrogens with zero attached hydrogens (tertiary/aromatic N) is 2. The van der Waals surface area contributed by atoms with Gasteiger partial charge in [-0.3, -0.25) is 0 Å². The first kappa shape index (κ1) is 22.3. The molecule has 3 aromatic rings. The standard InChI is InChI=1S/C19H19F5N4OS/c1-9-27-14-13(15(29-3)17(20)21)12(8-26-18(14)30-9)28-11-6-4-10(5-7-11)16(25-2)19(22,23)24/h4-8,15-17,25,28H,1-3H3. The number of ether oxygens (including phenoxy) is 1. The van der Waals surface area contributed by atoms with Gasteiger partial charge in [0.2, 0.25) is 0 Å². The number of fused-ring (bicyclic) bond motifs is 1. The van der Waals surface area contributed by atoms with Crippen LogP contribution in [0.15, 0.2) is 30.5 Å². The molecular formula is C19H19F5N4OS. The first-order chi connectivity index (χ1) is 14.2. The lowest BCUT2D eigenvalue weighted by Crippen LogP contribution is -2.31. The topological polar surface area (TPSA) is 59.1 Å². The highest BCUT2D eigenvalue weighted by Crippen LogP contribution is 2.38. The van der Waals surface area contributed by atoms with Gasteiger partial charge in [0.1, 0.15) is 22.5 Å². The lowest BCUT2D eigenvalue weighted by molar-refractivity contribution is -0.156. The minimum atomic E-state index is -4.45. The maximum absolute atomic E-state index is 13.6. The number of alkyl halides is 5. The molecule has 30 heavy (non-hydrogen) atoms. The number of pyridine rings is 1. The SMILES string of the molecule is CNC(c1ccc(Nc2cnc3sc(C)nc3c2C(OC)C(F)F)cc1)C(F)(F)F. The van der Waals surface area contributed by atoms with Crippen LogP contribution in [0.5, 0.6) is 0 Å². The number of thiazole rings is 1. The summed E-state index contributed by atoms with van der Waals surface area (Å²) in [6.07, 6.45) is -7.41. The van der Waals surface area contributed by atoms with Crippen LogP contribution in [-0.4, -0.2) is 36.7 Å². The number of aromatic nitrogens is 2. The molecule has 0 radical (unpaired) electrons. The molecule has 2 heterocycles. The van der Waals surface area contributed by atoms with Crippen molar-refractivity contribution in [1.82, 2.24) is 15.3 Å². The average molecular weight is 446 g/mol. The van der Waals surface area contributed by atoms with Crippen molar-refractivity contribution in [3.05, 3.63) is 46.6 Å². The van der Waals surface area contributed by atoms with Gasteiger partial charge < -0.3 is 15.4 Å². The molecule has 0 amide bonds. The molecule has 0 aliphatic rings. The van der Waals surface area contributed by atoms with Gasteiger partial charge in [0.15, 0.2) is 0 Å². The van der Waals surface area contributed by atoms with E-state index in [-0.39, 0.29) is 16.8 Å². The number of benzene rings is 1. The van der Waals surface area contributed by atoms with E-state index >= 15 is 0 Å². The third kappa shape index (κ3) is 4.52. The predicted octanol–water partition coefficient (Wildman–Crippen LogP) is 5.52. The molecule has 0 aliphatic heterocycles. The molecule has 11 heteroatoms. The molecule has 0 fully saturated rings. The van der Waals surface area contributed by atoms with Crippen LogP contribution in [0.4, 0.5) is 33.3 Å². The number of nitrogens with one attached hydrogen (secondary N) is 2. The highest BCUT2D eigenvalue weighted by atomic mass is 32.1. The van der Waals surface area contributed by atoms with Gasteiger partial charge >= 0.3 is 6.18 Å². The summed E-state index contributed by atoms with van der Waals surface area (Å²) in [5.74, 6) is 0. The summed E-state index contributed by atoms with van der Waals surface area (Å²) >= 11 is 1.27. The van der Waals surface area contributed by atoms with E-state index < -0.39 is 24.7 Å². The maximum Gasteiger partial charge on any atom is 0.407 e. The third-order valence-electron chi connectivity index (χ3n) is 4.48. The van der Waals surface area contributed by atoms with Crippen molar-refractivity contribution < 1.29 is 26.7 Å². The average Bonchev–Trinajstić information content (AvgIpc) is 3.05. The molecular weight excluding hydrogens is 427 g/mol. The molecule has 2 N–H and O–H groups in total. The fourth-order valence-electron chi connectivity index (χ4n) is 3.17. The van der Waals surface area contributed by atoms with Crippen molar-refractivity contribution in [1.29, 1.82) is 0 Å². The minimum Gasteiger partial charge on any atom is -0.371 e. The second kappa shape index (κ2) is 8.78. The molecule has 2 atom stereocenters. The number of methoxy groups -OCH3 is 1. The van der Waals surface area contributed by atoms with E-state index in [1.165, 1.54) is 56.0 Å². The highest BCUT2D eigenvalue weighted by Gasteiger charge is 2.39. The summed E-state index contributed by atoms with van der Waals surface area (Å²) in [4.78, 5) is 9.07. The van der Waals surface area contributed by atoms with Gasteiger partial charge in [0, 0.05) is 18.4 Å². The summed E-state index contributed by atoms with van der Waals surface area (Å²) in [5, 5.41) is 5.85. The van der Waals surface area contributed by atoms with Crippen LogP contribution >= 0.6 is 11.3 Å². The van der Waals surface area contributed by atoms with Gasteiger partial charge in [0.05, 0.1) is 16.9 Å². The van der Waals surface area contributed by atoms with E-state index in [0.29, 0.717) is 21.0 Å². The summed E-state index contributed by atoms with van der Waals surface area (Å²) in [5.41, 5.74) is 1.14. The first-order valence-electron chi connectivity index (χ1n) is 8.83. The molecule has 162 valence electrons. The summed E-state index contributed by atoms with van der Waals surface area (Å²) < 4.78 is 71.5. The van der Waals surface area contributed by atoms with Crippen molar-refractivity contribution in [2.75, 3.05) is 19.5 Å². The number of halogens is 5. The van der Waals surface area contributed by atoms with E-state index in [2.05, 4.69) is 20.6 Å². The second-order valence-electron chi connectivity index (χ2n) is 6.47. The van der Waals surface area contributed by atoms with Crippen LogP contribution in [0, 0.1) is 6.92 Å². The van der Waals surface area contributed by atoms with E-state index in [1.54, 1.807) is 6.92 Å². The molecule has 0 saturated carbocycles. The summed E-state index contributed by atoms with van der Waals surface area (Å²) in [6, 6.07) is 3.70. The Hall–Kier alpha value is -2.37. The summed E-state index contributed by atoms with van der Waals surface area (Å²) in [7, 11) is 2.40. The Bertz CT molecular complexity index is 1010. The largest absolute Gasteiger partial charge is 0.407 e. The number of rotatable bonds is 7. The zero-order chi connectivity index (χ0) is 22.1. The van der Waals surface area contributed by atoms with Gasteiger partial charge in [-0.1, -0.05) is 23.5 Å². The van der Waals surface area contributed by atoms with Crippen molar-refractivity contribution in [2.45, 2.75) is 31.7 Å². The number of anilines is 2. The van der Waals surface area contributed by atoms with Crippen molar-refractivity contribution in [3.63, 3.8) is 0 Å². The Balaban J connectivity index is 1.99. The Morgan fingerprint density at radius 3 is 2.33 bits per heavy atom. The van der Waals surface area contributed by atoms with Crippen LogP contribution in [0.25, 0.3) is 10.3 Å². The predicted molar refractivity (Wildman–Crippen MR) is 105 cm³/mol. The fourth-order valence-corrected chi connectivity index (χ4v) is 3.94. The second-order valence-corrected chi connectivity index (χ2v) is 7.65. The van der Waals surface area contributed by atoms with Crippen molar-refractivity contribution in [3.8, 4) is 0 Å². The first-order valence-corrected chi connectivity index (χ1v) is 9.65. The Kier molecular flexibility index (Phi) is 6.53. The van der Waals surface area contributed by atoms with Gasteiger partial charge in [-0.2, -0.15) is 13.2 Å². The Morgan fingerprint density at radius 2 is 1.80 bits per heavy atom. The molecule has 3 rings (SSSR count). The maximum atomic E-state index is 13.6. The molecule has 2 aromatic heterocycles. The van der Waals surface area contributed by atoms with E-state index in [0.717, 1.165) is 0 Å². The van der Waals surface area contributed by atoms with Gasteiger partial charge in [-0.25, -0.2) is 18.7 Å². The van der Waals surface area contributed by atoms with Gasteiger partial charge in [0.25, 0.3) is 6.43 Å². The van der Waals surface area contributed by atoms with Crippen LogP contribution in [0.2, 0.25) is 0 Å². The molecule has 0 saturated heterocycles. The molecule has 0 spiro atoms. The normalized spacial score (nSPS) is 14.3. The zero-order valence-corrected chi connectivity index (χ0v) is 17.0. The third-order valence-corrected chi connectivity index (χ3v) is 5.36. The van der Waals surface area contributed by atoms with Crippen LogP contribution in [0.1, 0.15) is 28.3 Å². The number of hydrogen-bond acceptors (Lipinski definition) is 6. The lowest BCUT2D eigenvalue weighted by atomic mass is 10.1. The van der Waals surface area contributed by atoms with Crippen LogP contribution < -0.4 is 10.6 Å². The monoisotopic (exact) mass is 446 g/mol. The van der Waals surface area contributed by atoms with Crippen molar-refractivity contribution >= 4 is 33.1 Å². The number of aryl methyl sites for hydroxylation is 1. The molecule has 1 aromatic carbocycles. The van der Waals surface area contributed by atoms with Gasteiger partial charge in [-0.15, -0.1) is 0 Å². The molecule has 0 bridgehead atoms. The van der Waals surface area contributed by atoms with E-state index in [4.69, 9.17) is 4.74 Å². The lowest BCUT2D eigenvalue weighted by Gasteiger charge is -2.21. The Morgan fingerprint density at radius 1 is 1.13 bits per heavy atom. The highest BCUT2D eigenvalue weighted by molar-refractivity contribution is 7.18. The van der Waals surface area contributed by atoms with Gasteiger partial charge in [-0.05, 0) is 31.7 Å². The Labute approximate surface area is 173 Å². The smallest absolute Gasteiger partial charge is 0.371 e. The number of hydrogen-bond donors (Lipinski definition) is 2. The quantitative estimate of drug-likeness (QED) is 0.468. The fraction of sp³-hybridized carbons (Fsp3) is 0.368. The van der Waals surface area contributed by atoms with E-state index in [1.807, 2.05) is 0 Å². The molecule has 0 aliphatic carbocycles. The summed E-state index contributed by atoms with van der Waals surface area (Å²) in [6.45, 7) is 1.74. The molecule has 2 unspecified atom stereocenters. The van der Waals surface area contributed by atoms with E-state index in [9.17, 15) is 22.0 Å². The molecule has 5 nitrogen and oxygen atoms in total. The van der Waals surface area contributed by atoms with Crippen molar-refractivity contribution in [2.24, 2.45) is 0 Å². The van der Waals surface area contributed by atoms with Crippen LogP contribution in [-0.2, 0) is 4.74 Å². The zero-order valence-electron chi connectivity index (χ0n) is 16.2.